The molecule has 2 rings (SSSR count). The average molecular weight is 231 g/mol. The highest BCUT2D eigenvalue weighted by atomic mass is 19.1. The molecule has 1 N–H and O–H groups in total. The third-order valence-electron chi connectivity index (χ3n) is 2.09. The number of carbonyl (C=O) groups excluding carboxylic acids is 1. The summed E-state index contributed by atoms with van der Waals surface area (Å²) in [5.41, 5.74) is 0.646. The first kappa shape index (κ1) is 11.2. The van der Waals surface area contributed by atoms with Gasteiger partial charge in [0.05, 0.1) is 0 Å². The van der Waals surface area contributed by atoms with E-state index in [2.05, 4.69) is 15.3 Å². The SMILES string of the molecule is Cc1nccc(C(=O)Nc2cccc(F)c2)n1. The van der Waals surface area contributed by atoms with Gasteiger partial charge >= 0.3 is 0 Å². The van der Waals surface area contributed by atoms with Crippen LogP contribution in [-0.4, -0.2) is 15.9 Å². The van der Waals surface area contributed by atoms with Crippen LogP contribution in [0.5, 0.6) is 0 Å². The highest BCUT2D eigenvalue weighted by Gasteiger charge is 2.08. The number of benzene rings is 1. The fraction of sp³-hybridized carbons (Fsp3) is 0.0833. The summed E-state index contributed by atoms with van der Waals surface area (Å²) in [6.45, 7) is 1.69. The number of rotatable bonds is 2. The summed E-state index contributed by atoms with van der Waals surface area (Å²) in [5.74, 6) is -0.278. The van der Waals surface area contributed by atoms with Crippen LogP contribution in [0.15, 0.2) is 36.5 Å². The van der Waals surface area contributed by atoms with E-state index < -0.39 is 5.82 Å². The normalized spacial score (nSPS) is 10.0. The number of nitrogens with zero attached hydrogens (tertiary/aromatic N) is 2. The minimum atomic E-state index is -0.401. The molecular weight excluding hydrogens is 221 g/mol. The fourth-order valence-corrected chi connectivity index (χ4v) is 1.34. The van der Waals surface area contributed by atoms with E-state index in [0.717, 1.165) is 0 Å². The van der Waals surface area contributed by atoms with Crippen molar-refractivity contribution >= 4 is 11.6 Å². The van der Waals surface area contributed by atoms with Gasteiger partial charge in [0.25, 0.3) is 5.91 Å². The van der Waals surface area contributed by atoms with Crippen LogP contribution in [0.1, 0.15) is 16.3 Å². The number of aryl methyl sites for hydroxylation is 1. The molecule has 0 atom stereocenters. The second kappa shape index (κ2) is 4.69. The minimum absolute atomic E-state index is 0.252. The van der Waals surface area contributed by atoms with Crippen LogP contribution >= 0.6 is 0 Å². The molecule has 0 aliphatic carbocycles. The fourth-order valence-electron chi connectivity index (χ4n) is 1.34. The molecule has 86 valence electrons. The third-order valence-corrected chi connectivity index (χ3v) is 2.09. The summed E-state index contributed by atoms with van der Waals surface area (Å²) in [6.07, 6.45) is 1.50. The third kappa shape index (κ3) is 2.84. The van der Waals surface area contributed by atoms with Gasteiger partial charge in [-0.05, 0) is 31.2 Å². The zero-order valence-electron chi connectivity index (χ0n) is 9.14. The van der Waals surface area contributed by atoms with Gasteiger partial charge in [0.15, 0.2) is 0 Å². The molecule has 2 aromatic rings. The van der Waals surface area contributed by atoms with Gasteiger partial charge in [-0.2, -0.15) is 0 Å². The standard InChI is InChI=1S/C12H10FN3O/c1-8-14-6-5-11(15-8)12(17)16-10-4-2-3-9(13)7-10/h2-7H,1H3,(H,16,17). The Kier molecular flexibility index (Phi) is 3.09. The van der Waals surface area contributed by atoms with Gasteiger partial charge in [0.1, 0.15) is 17.3 Å². The molecule has 0 saturated carbocycles. The van der Waals surface area contributed by atoms with Crippen molar-refractivity contribution in [1.29, 1.82) is 0 Å². The number of anilines is 1. The Hall–Kier alpha value is -2.30. The zero-order valence-corrected chi connectivity index (χ0v) is 9.14. The maximum atomic E-state index is 12.9. The van der Waals surface area contributed by atoms with Crippen LogP contribution in [0.3, 0.4) is 0 Å². The van der Waals surface area contributed by atoms with Gasteiger partial charge in [-0.25, -0.2) is 14.4 Å². The number of hydrogen-bond acceptors (Lipinski definition) is 3. The maximum Gasteiger partial charge on any atom is 0.274 e. The molecule has 4 nitrogen and oxygen atoms in total. The lowest BCUT2D eigenvalue weighted by molar-refractivity contribution is 0.102. The molecule has 0 bridgehead atoms. The van der Waals surface area contributed by atoms with E-state index in [1.54, 1.807) is 13.0 Å². The van der Waals surface area contributed by atoms with Gasteiger partial charge in [0.2, 0.25) is 0 Å². The molecular formula is C12H10FN3O. The van der Waals surface area contributed by atoms with Gasteiger partial charge in [0, 0.05) is 11.9 Å². The lowest BCUT2D eigenvalue weighted by atomic mass is 10.3. The number of amides is 1. The highest BCUT2D eigenvalue weighted by molar-refractivity contribution is 6.02. The van der Waals surface area contributed by atoms with E-state index in [9.17, 15) is 9.18 Å². The second-order valence-corrected chi connectivity index (χ2v) is 3.45. The lowest BCUT2D eigenvalue weighted by Gasteiger charge is -2.04. The number of halogens is 1. The molecule has 0 spiro atoms. The van der Waals surface area contributed by atoms with Crippen molar-refractivity contribution in [1.82, 2.24) is 9.97 Å². The van der Waals surface area contributed by atoms with Gasteiger partial charge in [-0.1, -0.05) is 6.07 Å². The van der Waals surface area contributed by atoms with Crippen LogP contribution in [0.25, 0.3) is 0 Å². The van der Waals surface area contributed by atoms with E-state index in [1.807, 2.05) is 0 Å². The molecule has 1 heterocycles. The first-order valence-electron chi connectivity index (χ1n) is 5.02. The predicted octanol–water partition coefficient (Wildman–Crippen LogP) is 2.18. The number of nitrogens with one attached hydrogen (secondary N) is 1. The van der Waals surface area contributed by atoms with E-state index in [-0.39, 0.29) is 11.6 Å². The Labute approximate surface area is 97.5 Å². The van der Waals surface area contributed by atoms with Gasteiger partial charge < -0.3 is 5.32 Å². The van der Waals surface area contributed by atoms with E-state index in [0.29, 0.717) is 11.5 Å². The van der Waals surface area contributed by atoms with E-state index in [1.165, 1.54) is 30.5 Å². The number of hydrogen-bond donors (Lipinski definition) is 1. The quantitative estimate of drug-likeness (QED) is 0.861. The summed E-state index contributed by atoms with van der Waals surface area (Å²) in [6, 6.07) is 7.18. The van der Waals surface area contributed by atoms with Gasteiger partial charge in [-0.3, -0.25) is 4.79 Å². The van der Waals surface area contributed by atoms with Crippen LogP contribution in [0.2, 0.25) is 0 Å². The summed E-state index contributed by atoms with van der Waals surface area (Å²) in [4.78, 5) is 19.6. The van der Waals surface area contributed by atoms with Crippen molar-refractivity contribution in [3.8, 4) is 0 Å². The van der Waals surface area contributed by atoms with Crippen molar-refractivity contribution in [2.45, 2.75) is 6.92 Å². The van der Waals surface area contributed by atoms with Crippen molar-refractivity contribution < 1.29 is 9.18 Å². The van der Waals surface area contributed by atoms with Crippen molar-refractivity contribution in [3.05, 3.63) is 53.9 Å². The average Bonchev–Trinajstić information content (AvgIpc) is 2.29. The van der Waals surface area contributed by atoms with Crippen LogP contribution < -0.4 is 5.32 Å². The monoisotopic (exact) mass is 231 g/mol. The predicted molar refractivity (Wildman–Crippen MR) is 61.1 cm³/mol. The largest absolute Gasteiger partial charge is 0.321 e. The highest BCUT2D eigenvalue weighted by Crippen LogP contribution is 2.10. The zero-order chi connectivity index (χ0) is 12.3. The Morgan fingerprint density at radius 3 is 2.88 bits per heavy atom. The topological polar surface area (TPSA) is 54.9 Å². The molecule has 1 aromatic heterocycles. The minimum Gasteiger partial charge on any atom is -0.321 e. The smallest absolute Gasteiger partial charge is 0.274 e. The Balaban J connectivity index is 2.17. The molecule has 5 heteroatoms. The lowest BCUT2D eigenvalue weighted by Crippen LogP contribution is -2.14. The van der Waals surface area contributed by atoms with Crippen LogP contribution in [0.4, 0.5) is 10.1 Å². The molecule has 0 fully saturated rings. The number of aromatic nitrogens is 2. The molecule has 0 saturated heterocycles. The first-order chi connectivity index (χ1) is 8.15. The molecule has 17 heavy (non-hydrogen) atoms. The van der Waals surface area contributed by atoms with Gasteiger partial charge in [-0.15, -0.1) is 0 Å². The van der Waals surface area contributed by atoms with Crippen molar-refractivity contribution in [3.63, 3.8) is 0 Å². The Morgan fingerprint density at radius 1 is 1.35 bits per heavy atom. The van der Waals surface area contributed by atoms with Crippen molar-refractivity contribution in [2.75, 3.05) is 5.32 Å². The molecule has 0 aliphatic rings. The van der Waals surface area contributed by atoms with Crippen LogP contribution in [0, 0.1) is 12.7 Å². The van der Waals surface area contributed by atoms with E-state index in [4.69, 9.17) is 0 Å². The molecule has 0 unspecified atom stereocenters. The second-order valence-electron chi connectivity index (χ2n) is 3.45. The molecule has 0 aliphatic heterocycles. The summed E-state index contributed by atoms with van der Waals surface area (Å²) in [5, 5.41) is 2.56. The molecule has 0 radical (unpaired) electrons. The Bertz CT molecular complexity index is 557. The summed E-state index contributed by atoms with van der Waals surface area (Å²) in [7, 11) is 0. The molecule has 1 aromatic carbocycles. The first-order valence-corrected chi connectivity index (χ1v) is 5.02. The van der Waals surface area contributed by atoms with Crippen molar-refractivity contribution in [2.24, 2.45) is 0 Å². The summed E-state index contributed by atoms with van der Waals surface area (Å²) < 4.78 is 12.9. The van der Waals surface area contributed by atoms with Crippen LogP contribution in [-0.2, 0) is 0 Å². The number of carbonyl (C=O) groups is 1. The van der Waals surface area contributed by atoms with E-state index >= 15 is 0 Å². The summed E-state index contributed by atoms with van der Waals surface area (Å²) >= 11 is 0. The maximum absolute atomic E-state index is 12.9. The Morgan fingerprint density at radius 2 is 2.18 bits per heavy atom. The molecule has 1 amide bonds.